The SMILES string of the molecule is O=S1(=O)CC[C@@H](N=Cc2ccoc2)C1. The summed E-state index contributed by atoms with van der Waals surface area (Å²) in [6.45, 7) is 0. The fourth-order valence-electron chi connectivity index (χ4n) is 1.43. The van der Waals surface area contributed by atoms with Crippen LogP contribution in [0, 0.1) is 0 Å². The number of rotatable bonds is 2. The third-order valence-corrected chi connectivity index (χ3v) is 3.94. The Hall–Kier alpha value is -1.10. The van der Waals surface area contributed by atoms with Gasteiger partial charge in [-0.3, -0.25) is 4.99 Å². The predicted molar refractivity (Wildman–Crippen MR) is 53.4 cm³/mol. The Kier molecular flexibility index (Phi) is 2.41. The molecule has 1 aromatic rings. The number of hydrogen-bond acceptors (Lipinski definition) is 4. The first-order valence-corrected chi connectivity index (χ1v) is 6.24. The minimum absolute atomic E-state index is 0.0742. The van der Waals surface area contributed by atoms with Crippen molar-refractivity contribution in [3.63, 3.8) is 0 Å². The Balaban J connectivity index is 2.00. The zero-order valence-electron chi connectivity index (χ0n) is 7.59. The Morgan fingerprint density at radius 3 is 3.00 bits per heavy atom. The maximum Gasteiger partial charge on any atom is 0.152 e. The Bertz CT molecular complexity index is 419. The van der Waals surface area contributed by atoms with Gasteiger partial charge in [0.1, 0.15) is 0 Å². The standard InChI is InChI=1S/C9H11NO3S/c11-14(12)4-2-9(7-14)10-5-8-1-3-13-6-8/h1,3,5-6,9H,2,4,7H2/t9-/m1/s1. The molecule has 1 aromatic heterocycles. The van der Waals surface area contributed by atoms with Gasteiger partial charge in [-0.25, -0.2) is 8.42 Å². The van der Waals surface area contributed by atoms with Crippen molar-refractivity contribution >= 4 is 16.1 Å². The lowest BCUT2D eigenvalue weighted by atomic mass is 10.3. The summed E-state index contributed by atoms with van der Waals surface area (Å²) in [6, 6.07) is 1.71. The average molecular weight is 213 g/mol. The van der Waals surface area contributed by atoms with E-state index in [1.165, 1.54) is 0 Å². The Labute approximate surface area is 82.6 Å². The van der Waals surface area contributed by atoms with Crippen LogP contribution in [-0.4, -0.2) is 32.2 Å². The largest absolute Gasteiger partial charge is 0.472 e. The van der Waals surface area contributed by atoms with E-state index in [0.29, 0.717) is 6.42 Å². The van der Waals surface area contributed by atoms with Gasteiger partial charge in [0, 0.05) is 11.8 Å². The summed E-state index contributed by atoms with van der Waals surface area (Å²) >= 11 is 0. The van der Waals surface area contributed by atoms with Crippen LogP contribution in [0.3, 0.4) is 0 Å². The van der Waals surface area contributed by atoms with Gasteiger partial charge in [0.15, 0.2) is 9.84 Å². The summed E-state index contributed by atoms with van der Waals surface area (Å²) in [5.41, 5.74) is 0.870. The molecule has 0 radical (unpaired) electrons. The molecule has 1 atom stereocenters. The molecule has 0 spiro atoms. The average Bonchev–Trinajstić information content (AvgIpc) is 2.70. The van der Waals surface area contributed by atoms with Crippen LogP contribution < -0.4 is 0 Å². The van der Waals surface area contributed by atoms with Crippen LogP contribution in [0.25, 0.3) is 0 Å². The van der Waals surface area contributed by atoms with Gasteiger partial charge in [-0.15, -0.1) is 0 Å². The predicted octanol–water partition coefficient (Wildman–Crippen LogP) is 0.886. The second kappa shape index (κ2) is 3.57. The van der Waals surface area contributed by atoms with E-state index >= 15 is 0 Å². The quantitative estimate of drug-likeness (QED) is 0.685. The third-order valence-electron chi connectivity index (χ3n) is 2.19. The fourth-order valence-corrected chi connectivity index (χ4v) is 3.07. The molecule has 0 aromatic carbocycles. The minimum atomic E-state index is -2.82. The van der Waals surface area contributed by atoms with E-state index in [-0.39, 0.29) is 17.5 Å². The van der Waals surface area contributed by atoms with E-state index in [2.05, 4.69) is 4.99 Å². The van der Waals surface area contributed by atoms with Crippen LogP contribution in [0.15, 0.2) is 28.0 Å². The first kappa shape index (κ1) is 9.45. The Morgan fingerprint density at radius 2 is 2.43 bits per heavy atom. The number of nitrogens with zero attached hydrogens (tertiary/aromatic N) is 1. The van der Waals surface area contributed by atoms with Gasteiger partial charge >= 0.3 is 0 Å². The summed E-state index contributed by atoms with van der Waals surface area (Å²) in [6.07, 6.45) is 5.44. The first-order valence-electron chi connectivity index (χ1n) is 4.41. The van der Waals surface area contributed by atoms with Gasteiger partial charge in [0.25, 0.3) is 0 Å². The lowest BCUT2D eigenvalue weighted by Gasteiger charge is -1.97. The van der Waals surface area contributed by atoms with E-state index in [9.17, 15) is 8.42 Å². The maximum atomic E-state index is 11.1. The van der Waals surface area contributed by atoms with Crippen LogP contribution in [-0.2, 0) is 9.84 Å². The smallest absolute Gasteiger partial charge is 0.152 e. The van der Waals surface area contributed by atoms with Gasteiger partial charge in [0.2, 0.25) is 0 Å². The van der Waals surface area contributed by atoms with E-state index in [4.69, 9.17) is 4.42 Å². The number of sulfone groups is 1. The van der Waals surface area contributed by atoms with Gasteiger partial charge in [0.05, 0.1) is 30.1 Å². The van der Waals surface area contributed by atoms with Crippen molar-refractivity contribution in [1.29, 1.82) is 0 Å². The molecule has 0 saturated carbocycles. The van der Waals surface area contributed by atoms with Crippen LogP contribution in [0.4, 0.5) is 0 Å². The molecule has 0 aliphatic carbocycles. The fraction of sp³-hybridized carbons (Fsp3) is 0.444. The molecule has 1 saturated heterocycles. The molecule has 2 heterocycles. The van der Waals surface area contributed by atoms with Crippen molar-refractivity contribution in [3.05, 3.63) is 24.2 Å². The molecule has 1 aliphatic heterocycles. The zero-order valence-corrected chi connectivity index (χ0v) is 8.40. The molecule has 2 rings (SSSR count). The summed E-state index contributed by atoms with van der Waals surface area (Å²) in [5.74, 6) is 0.446. The molecular formula is C9H11NO3S. The maximum absolute atomic E-state index is 11.1. The lowest BCUT2D eigenvalue weighted by molar-refractivity contribution is 0.567. The highest BCUT2D eigenvalue weighted by Crippen LogP contribution is 2.14. The normalized spacial score (nSPS) is 25.9. The molecule has 5 heteroatoms. The monoisotopic (exact) mass is 213 g/mol. The van der Waals surface area contributed by atoms with Crippen molar-refractivity contribution in [2.45, 2.75) is 12.5 Å². The van der Waals surface area contributed by atoms with Crippen LogP contribution >= 0.6 is 0 Å². The molecule has 14 heavy (non-hydrogen) atoms. The summed E-state index contributed by atoms with van der Waals surface area (Å²) in [4.78, 5) is 4.20. The molecular weight excluding hydrogens is 202 g/mol. The van der Waals surface area contributed by atoms with E-state index in [1.807, 2.05) is 0 Å². The summed E-state index contributed by atoms with van der Waals surface area (Å²) < 4.78 is 27.1. The van der Waals surface area contributed by atoms with Gasteiger partial charge < -0.3 is 4.42 Å². The van der Waals surface area contributed by atoms with Crippen LogP contribution in [0.5, 0.6) is 0 Å². The van der Waals surface area contributed by atoms with Gasteiger partial charge in [-0.2, -0.15) is 0 Å². The van der Waals surface area contributed by atoms with Gasteiger partial charge in [-0.05, 0) is 12.5 Å². The molecule has 4 nitrogen and oxygen atoms in total. The van der Waals surface area contributed by atoms with E-state index < -0.39 is 9.84 Å². The number of hydrogen-bond donors (Lipinski definition) is 0. The molecule has 0 N–H and O–H groups in total. The highest BCUT2D eigenvalue weighted by atomic mass is 32.2. The summed E-state index contributed by atoms with van der Waals surface area (Å²) in [5, 5.41) is 0. The third kappa shape index (κ3) is 2.23. The second-order valence-electron chi connectivity index (χ2n) is 3.39. The van der Waals surface area contributed by atoms with Crippen LogP contribution in [0.2, 0.25) is 0 Å². The highest BCUT2D eigenvalue weighted by molar-refractivity contribution is 7.91. The van der Waals surface area contributed by atoms with Crippen molar-refractivity contribution < 1.29 is 12.8 Å². The molecule has 1 aliphatic rings. The first-order chi connectivity index (χ1) is 6.66. The summed E-state index contributed by atoms with van der Waals surface area (Å²) in [7, 11) is -2.82. The molecule has 1 fully saturated rings. The molecule has 0 bridgehead atoms. The van der Waals surface area contributed by atoms with E-state index in [1.54, 1.807) is 24.8 Å². The van der Waals surface area contributed by atoms with Crippen molar-refractivity contribution in [3.8, 4) is 0 Å². The molecule has 0 unspecified atom stereocenters. The van der Waals surface area contributed by atoms with Crippen molar-refractivity contribution in [2.24, 2.45) is 4.99 Å². The van der Waals surface area contributed by atoms with Gasteiger partial charge in [-0.1, -0.05) is 0 Å². The van der Waals surface area contributed by atoms with Crippen LogP contribution in [0.1, 0.15) is 12.0 Å². The minimum Gasteiger partial charge on any atom is -0.472 e. The molecule has 76 valence electrons. The van der Waals surface area contributed by atoms with Crippen molar-refractivity contribution in [1.82, 2.24) is 0 Å². The number of aliphatic imine (C=N–C) groups is 1. The second-order valence-corrected chi connectivity index (χ2v) is 5.62. The Morgan fingerprint density at radius 1 is 1.57 bits per heavy atom. The van der Waals surface area contributed by atoms with Crippen molar-refractivity contribution in [2.75, 3.05) is 11.5 Å². The highest BCUT2D eigenvalue weighted by Gasteiger charge is 2.26. The topological polar surface area (TPSA) is 59.6 Å². The molecule has 0 amide bonds. The van der Waals surface area contributed by atoms with E-state index in [0.717, 1.165) is 5.56 Å². The lowest BCUT2D eigenvalue weighted by Crippen LogP contribution is -2.07. The zero-order chi connectivity index (χ0) is 10.0. The number of furan rings is 1.